The number of pyridine rings is 1. The minimum Gasteiger partial charge on any atom is -0.508 e. The first kappa shape index (κ1) is 20.3. The number of methoxy groups -OCH3 is 1. The van der Waals surface area contributed by atoms with Crippen molar-refractivity contribution in [1.29, 1.82) is 0 Å². The van der Waals surface area contributed by atoms with Gasteiger partial charge in [-0.15, -0.1) is 11.3 Å². The van der Waals surface area contributed by atoms with Gasteiger partial charge in [-0.2, -0.15) is 0 Å². The zero-order chi connectivity index (χ0) is 20.1. The topological polar surface area (TPSA) is 94.3 Å². The van der Waals surface area contributed by atoms with Crippen LogP contribution in [0.2, 0.25) is 0 Å². The Hall–Kier alpha value is -3.00. The van der Waals surface area contributed by atoms with E-state index >= 15 is 0 Å². The fourth-order valence-electron chi connectivity index (χ4n) is 2.50. The van der Waals surface area contributed by atoms with Gasteiger partial charge in [-0.05, 0) is 32.0 Å². The fraction of sp³-hybridized carbons (Fsp3) is 0.263. The molecule has 27 heavy (non-hydrogen) atoms. The van der Waals surface area contributed by atoms with Crippen LogP contribution in [0.3, 0.4) is 0 Å². The number of nitrogens with zero attached hydrogens (tertiary/aromatic N) is 3. The van der Waals surface area contributed by atoms with Crippen LogP contribution in [0, 0.1) is 13.8 Å². The van der Waals surface area contributed by atoms with Crippen molar-refractivity contribution in [1.82, 2.24) is 14.5 Å². The molecule has 0 saturated heterocycles. The molecule has 0 aliphatic carbocycles. The molecule has 0 bridgehead atoms. The van der Waals surface area contributed by atoms with Gasteiger partial charge < -0.3 is 9.84 Å². The predicted octanol–water partition coefficient (Wildman–Crippen LogP) is 3.49. The number of esters is 1. The molecule has 3 rings (SSSR count). The molecule has 7 nitrogen and oxygen atoms in total. The van der Waals surface area contributed by atoms with Crippen LogP contribution in [0.4, 0.5) is 0 Å². The maximum absolute atomic E-state index is 12.3. The summed E-state index contributed by atoms with van der Waals surface area (Å²) in [6, 6.07) is 6.21. The second-order valence-corrected chi connectivity index (χ2v) is 6.59. The number of aromatic hydroxyl groups is 1. The first-order valence-electron chi connectivity index (χ1n) is 8.36. The normalized spacial score (nSPS) is 10.1. The average Bonchev–Trinajstić information content (AvgIpc) is 3.03. The maximum atomic E-state index is 12.3. The van der Waals surface area contributed by atoms with Crippen molar-refractivity contribution in [3.8, 4) is 22.0 Å². The molecule has 142 valence electrons. The summed E-state index contributed by atoms with van der Waals surface area (Å²) >= 11 is 1.45. The molecule has 3 heterocycles. The van der Waals surface area contributed by atoms with Gasteiger partial charge in [-0.1, -0.05) is 13.8 Å². The molecule has 0 unspecified atom stereocenters. The van der Waals surface area contributed by atoms with Gasteiger partial charge in [0.15, 0.2) is 0 Å². The molecule has 3 aromatic rings. The van der Waals surface area contributed by atoms with Crippen molar-refractivity contribution in [3.05, 3.63) is 57.2 Å². The number of ether oxygens (including phenoxy) is 1. The molecular weight excluding hydrogens is 366 g/mol. The highest BCUT2D eigenvalue weighted by Gasteiger charge is 2.16. The highest BCUT2D eigenvalue weighted by atomic mass is 32.1. The molecule has 0 saturated carbocycles. The summed E-state index contributed by atoms with van der Waals surface area (Å²) in [4.78, 5) is 33.7. The molecular formula is C19H21N3O4S. The monoisotopic (exact) mass is 387 g/mol. The van der Waals surface area contributed by atoms with Crippen LogP contribution in [0.5, 0.6) is 5.75 Å². The number of thiophene rings is 1. The van der Waals surface area contributed by atoms with Crippen molar-refractivity contribution in [3.63, 3.8) is 0 Å². The molecule has 0 aliphatic rings. The van der Waals surface area contributed by atoms with Gasteiger partial charge in [0.05, 0.1) is 23.4 Å². The average molecular weight is 387 g/mol. The second kappa shape index (κ2) is 8.59. The smallest absolute Gasteiger partial charge is 0.376 e. The van der Waals surface area contributed by atoms with Crippen molar-refractivity contribution < 1.29 is 14.6 Å². The Morgan fingerprint density at radius 1 is 1.22 bits per heavy atom. The van der Waals surface area contributed by atoms with Gasteiger partial charge in [-0.3, -0.25) is 9.36 Å². The summed E-state index contributed by atoms with van der Waals surface area (Å²) in [5.74, 6) is -0.697. The summed E-state index contributed by atoms with van der Waals surface area (Å²) in [6.07, 6.45) is 1.49. The highest BCUT2D eigenvalue weighted by Crippen LogP contribution is 2.32. The zero-order valence-electron chi connectivity index (χ0n) is 15.8. The predicted molar refractivity (Wildman–Crippen MR) is 105 cm³/mol. The quantitative estimate of drug-likeness (QED) is 0.691. The van der Waals surface area contributed by atoms with Crippen LogP contribution in [-0.2, 0) is 4.74 Å². The molecule has 1 N–H and O–H groups in total. The van der Waals surface area contributed by atoms with Crippen LogP contribution >= 0.6 is 11.3 Å². The van der Waals surface area contributed by atoms with Crippen LogP contribution in [0.15, 0.2) is 35.3 Å². The number of carbonyl (C=O) groups excluding carboxylic acids is 1. The second-order valence-electron chi connectivity index (χ2n) is 5.34. The SMILES string of the molecule is CC.COC(=O)c1nccc(-c2cc(-n3c(C)cc(O)cc3=O)c(C)s2)n1. The van der Waals surface area contributed by atoms with E-state index in [1.54, 1.807) is 13.0 Å². The third-order valence-electron chi connectivity index (χ3n) is 3.61. The summed E-state index contributed by atoms with van der Waals surface area (Å²) in [7, 11) is 1.27. The van der Waals surface area contributed by atoms with Gasteiger partial charge in [0.2, 0.25) is 5.82 Å². The zero-order valence-corrected chi connectivity index (χ0v) is 16.6. The number of aryl methyl sites for hydroxylation is 2. The summed E-state index contributed by atoms with van der Waals surface area (Å²) in [6.45, 7) is 7.64. The number of hydrogen-bond donors (Lipinski definition) is 1. The summed E-state index contributed by atoms with van der Waals surface area (Å²) in [5, 5.41) is 9.55. The van der Waals surface area contributed by atoms with Gasteiger partial charge in [0.1, 0.15) is 5.75 Å². The number of rotatable bonds is 3. The fourth-order valence-corrected chi connectivity index (χ4v) is 3.47. The van der Waals surface area contributed by atoms with E-state index in [2.05, 4.69) is 14.7 Å². The molecule has 0 aliphatic heterocycles. The number of carbonyl (C=O) groups is 1. The summed E-state index contributed by atoms with van der Waals surface area (Å²) in [5.41, 5.74) is 1.58. The van der Waals surface area contributed by atoms with Gasteiger partial charge in [0, 0.05) is 22.8 Å². The van der Waals surface area contributed by atoms with Crippen LogP contribution in [0.25, 0.3) is 16.3 Å². The van der Waals surface area contributed by atoms with Gasteiger partial charge >= 0.3 is 5.97 Å². The first-order chi connectivity index (χ1) is 12.9. The van der Waals surface area contributed by atoms with E-state index < -0.39 is 5.97 Å². The minimum absolute atomic E-state index is 0.0226. The van der Waals surface area contributed by atoms with Crippen molar-refractivity contribution in [2.45, 2.75) is 27.7 Å². The molecule has 8 heteroatoms. The van der Waals surface area contributed by atoms with Crippen molar-refractivity contribution in [2.24, 2.45) is 0 Å². The van der Waals surface area contributed by atoms with E-state index in [0.29, 0.717) is 17.1 Å². The number of aromatic nitrogens is 3. The lowest BCUT2D eigenvalue weighted by molar-refractivity contribution is 0.0587. The van der Waals surface area contributed by atoms with Crippen molar-refractivity contribution in [2.75, 3.05) is 7.11 Å². The first-order valence-corrected chi connectivity index (χ1v) is 9.17. The Morgan fingerprint density at radius 2 is 1.93 bits per heavy atom. The Kier molecular flexibility index (Phi) is 6.46. The molecule has 0 radical (unpaired) electrons. The minimum atomic E-state index is -0.610. The third-order valence-corrected chi connectivity index (χ3v) is 4.67. The largest absolute Gasteiger partial charge is 0.508 e. The Balaban J connectivity index is 0.00000126. The molecule has 0 fully saturated rings. The van der Waals surface area contributed by atoms with E-state index in [4.69, 9.17) is 0 Å². The van der Waals surface area contributed by atoms with Crippen LogP contribution in [-0.4, -0.2) is 32.7 Å². The molecule has 3 aromatic heterocycles. The lowest BCUT2D eigenvalue weighted by Gasteiger charge is -2.09. The van der Waals surface area contributed by atoms with E-state index in [1.807, 2.05) is 26.8 Å². The lowest BCUT2D eigenvalue weighted by atomic mass is 10.2. The van der Waals surface area contributed by atoms with Crippen molar-refractivity contribution >= 4 is 17.3 Å². The van der Waals surface area contributed by atoms with Gasteiger partial charge in [-0.25, -0.2) is 14.8 Å². The van der Waals surface area contributed by atoms with Crippen LogP contribution < -0.4 is 5.56 Å². The number of hydrogen-bond acceptors (Lipinski definition) is 7. The molecule has 0 spiro atoms. The Bertz CT molecular complexity index is 1020. The van der Waals surface area contributed by atoms with E-state index in [1.165, 1.54) is 41.3 Å². The highest BCUT2D eigenvalue weighted by molar-refractivity contribution is 7.15. The Labute approximate surface area is 160 Å². The third kappa shape index (κ3) is 4.22. The van der Waals surface area contributed by atoms with Gasteiger partial charge in [0.25, 0.3) is 5.56 Å². The lowest BCUT2D eigenvalue weighted by Crippen LogP contribution is -2.19. The molecule has 0 aromatic carbocycles. The Morgan fingerprint density at radius 3 is 2.56 bits per heavy atom. The van der Waals surface area contributed by atoms with Crippen LogP contribution in [0.1, 0.15) is 35.0 Å². The molecule has 0 amide bonds. The van der Waals surface area contributed by atoms with E-state index in [0.717, 1.165) is 9.75 Å². The van der Waals surface area contributed by atoms with E-state index in [9.17, 15) is 14.7 Å². The standard InChI is InChI=1S/C17H15N3O4S.C2H6/c1-9-6-11(21)7-15(22)20(9)13-8-14(25-10(13)2)12-4-5-18-16(19-12)17(23)24-3;1-2/h4-8,21H,1-3H3;1-2H3. The van der Waals surface area contributed by atoms with E-state index in [-0.39, 0.29) is 17.1 Å². The molecule has 0 atom stereocenters. The maximum Gasteiger partial charge on any atom is 0.376 e. The summed E-state index contributed by atoms with van der Waals surface area (Å²) < 4.78 is 6.16.